The average molecular weight is 360 g/mol. The number of hydrogen-bond donors (Lipinski definition) is 0. The van der Waals surface area contributed by atoms with Crippen LogP contribution in [0, 0.1) is 0 Å². The molecule has 0 aromatic heterocycles. The Kier molecular flexibility index (Phi) is 6.92. The molecule has 3 rings (SSSR count). The predicted octanol–water partition coefficient (Wildman–Crippen LogP) is 2.72. The lowest BCUT2D eigenvalue weighted by atomic mass is 9.97. The van der Waals surface area contributed by atoms with Gasteiger partial charge >= 0.3 is 0 Å². The number of hydrogen-bond acceptors (Lipinski definition) is 4. The Hall–Kier alpha value is -1.59. The van der Waals surface area contributed by atoms with Crippen molar-refractivity contribution in [3.05, 3.63) is 29.8 Å². The van der Waals surface area contributed by atoms with Crippen LogP contribution < -0.4 is 4.74 Å². The summed E-state index contributed by atoms with van der Waals surface area (Å²) in [6.45, 7) is 9.08. The van der Waals surface area contributed by atoms with Gasteiger partial charge in [-0.2, -0.15) is 0 Å². The van der Waals surface area contributed by atoms with E-state index in [4.69, 9.17) is 4.74 Å². The third-order valence-electron chi connectivity index (χ3n) is 5.68. The minimum Gasteiger partial charge on any atom is -0.493 e. The zero-order valence-electron chi connectivity index (χ0n) is 16.3. The van der Waals surface area contributed by atoms with Crippen molar-refractivity contribution in [2.75, 3.05) is 52.9 Å². The zero-order valence-corrected chi connectivity index (χ0v) is 16.3. The quantitative estimate of drug-likeness (QED) is 0.782. The van der Waals surface area contributed by atoms with Crippen LogP contribution in [0.1, 0.15) is 43.0 Å². The highest BCUT2D eigenvalue weighted by Gasteiger charge is 2.29. The van der Waals surface area contributed by atoms with Crippen LogP contribution in [0.25, 0.3) is 0 Å². The van der Waals surface area contributed by atoms with E-state index in [0.717, 1.165) is 58.5 Å². The van der Waals surface area contributed by atoms with Crippen molar-refractivity contribution >= 4 is 5.91 Å². The fourth-order valence-corrected chi connectivity index (χ4v) is 4.05. The Morgan fingerprint density at radius 1 is 1.12 bits per heavy atom. The van der Waals surface area contributed by atoms with E-state index >= 15 is 0 Å². The van der Waals surface area contributed by atoms with E-state index in [9.17, 15) is 4.79 Å². The highest BCUT2D eigenvalue weighted by molar-refractivity contribution is 5.97. The molecule has 2 saturated heterocycles. The molecule has 1 atom stereocenters. The van der Waals surface area contributed by atoms with Gasteiger partial charge in [0.15, 0.2) is 0 Å². The van der Waals surface area contributed by atoms with Crippen LogP contribution in [0.2, 0.25) is 0 Å². The van der Waals surface area contributed by atoms with Crippen LogP contribution >= 0.6 is 0 Å². The molecule has 0 radical (unpaired) electrons. The molecule has 1 aromatic carbocycles. The minimum absolute atomic E-state index is 0.136. The maximum absolute atomic E-state index is 13.2. The Bertz CT molecular complexity index is 584. The number of likely N-dealkylation sites (N-methyl/N-ethyl adjacent to an activating group) is 1. The number of rotatable bonds is 6. The number of benzene rings is 1. The van der Waals surface area contributed by atoms with Crippen molar-refractivity contribution in [3.8, 4) is 5.75 Å². The van der Waals surface area contributed by atoms with E-state index in [1.807, 2.05) is 31.2 Å². The van der Waals surface area contributed by atoms with Gasteiger partial charge in [0.1, 0.15) is 5.75 Å². The molecule has 5 heteroatoms. The van der Waals surface area contributed by atoms with Crippen LogP contribution in [0.5, 0.6) is 5.75 Å². The summed E-state index contributed by atoms with van der Waals surface area (Å²) in [7, 11) is 2.19. The van der Waals surface area contributed by atoms with Gasteiger partial charge in [-0.1, -0.05) is 12.1 Å². The number of piperazine rings is 1. The minimum atomic E-state index is 0.136. The second-order valence-corrected chi connectivity index (χ2v) is 7.51. The largest absolute Gasteiger partial charge is 0.493 e. The lowest BCUT2D eigenvalue weighted by molar-refractivity contribution is 0.0566. The molecule has 0 bridgehead atoms. The van der Waals surface area contributed by atoms with E-state index < -0.39 is 0 Å². The van der Waals surface area contributed by atoms with Gasteiger partial charge in [0.2, 0.25) is 0 Å². The second kappa shape index (κ2) is 9.38. The predicted molar refractivity (Wildman–Crippen MR) is 105 cm³/mol. The van der Waals surface area contributed by atoms with E-state index in [2.05, 4.69) is 21.7 Å². The van der Waals surface area contributed by atoms with Crippen molar-refractivity contribution in [2.24, 2.45) is 0 Å². The van der Waals surface area contributed by atoms with E-state index in [1.54, 1.807) is 0 Å². The van der Waals surface area contributed by atoms with E-state index in [-0.39, 0.29) is 5.91 Å². The van der Waals surface area contributed by atoms with Gasteiger partial charge in [0.05, 0.1) is 12.2 Å². The smallest absolute Gasteiger partial charge is 0.257 e. The van der Waals surface area contributed by atoms with Crippen molar-refractivity contribution in [2.45, 2.75) is 38.6 Å². The second-order valence-electron chi connectivity index (χ2n) is 7.51. The number of ether oxygens (including phenoxy) is 1. The molecule has 0 N–H and O–H groups in total. The summed E-state index contributed by atoms with van der Waals surface area (Å²) in [5.41, 5.74) is 0.709. The van der Waals surface area contributed by atoms with Crippen molar-refractivity contribution in [1.82, 2.24) is 14.7 Å². The molecule has 2 heterocycles. The van der Waals surface area contributed by atoms with Crippen LogP contribution in [-0.4, -0.2) is 79.6 Å². The summed E-state index contributed by atoms with van der Waals surface area (Å²) in [5, 5.41) is 0. The zero-order chi connectivity index (χ0) is 18.4. The molecule has 1 aromatic rings. The molecule has 26 heavy (non-hydrogen) atoms. The summed E-state index contributed by atoms with van der Waals surface area (Å²) in [6.07, 6.45) is 4.53. The number of para-hydroxylation sites is 1. The van der Waals surface area contributed by atoms with E-state index in [0.29, 0.717) is 24.0 Å². The fraction of sp³-hybridized carbons (Fsp3) is 0.667. The summed E-state index contributed by atoms with van der Waals surface area (Å²) < 4.78 is 5.69. The molecule has 2 aliphatic rings. The average Bonchev–Trinajstić information content (AvgIpc) is 2.68. The lowest BCUT2D eigenvalue weighted by Gasteiger charge is -2.38. The first-order valence-electron chi connectivity index (χ1n) is 10.1. The SMILES string of the molecule is CCOc1ccccc1C(=O)N1CCCC[C@@H]1CCN1CCN(C)CC1. The first-order valence-corrected chi connectivity index (χ1v) is 10.1. The highest BCUT2D eigenvalue weighted by atomic mass is 16.5. The van der Waals surface area contributed by atoms with Crippen molar-refractivity contribution in [3.63, 3.8) is 0 Å². The first kappa shape index (κ1) is 19.2. The Labute approximate surface area is 157 Å². The number of carbonyl (C=O) groups excluding carboxylic acids is 1. The molecular formula is C21H33N3O2. The molecule has 0 saturated carbocycles. The maximum Gasteiger partial charge on any atom is 0.257 e. The van der Waals surface area contributed by atoms with Gasteiger partial charge in [-0.3, -0.25) is 4.79 Å². The number of carbonyl (C=O) groups is 1. The molecule has 0 spiro atoms. The molecule has 2 fully saturated rings. The summed E-state index contributed by atoms with van der Waals surface area (Å²) >= 11 is 0. The molecular weight excluding hydrogens is 326 g/mol. The monoisotopic (exact) mass is 359 g/mol. The number of nitrogens with zero attached hydrogens (tertiary/aromatic N) is 3. The fourth-order valence-electron chi connectivity index (χ4n) is 4.05. The summed E-state index contributed by atoms with van der Waals surface area (Å²) in [5.74, 6) is 0.848. The summed E-state index contributed by atoms with van der Waals surface area (Å²) in [6, 6.07) is 8.02. The Morgan fingerprint density at radius 3 is 2.65 bits per heavy atom. The third-order valence-corrected chi connectivity index (χ3v) is 5.68. The standard InChI is InChI=1S/C21H33N3O2/c1-3-26-20-10-5-4-9-19(20)21(25)24-12-7-6-8-18(24)11-13-23-16-14-22(2)15-17-23/h4-5,9-10,18H,3,6-8,11-17H2,1-2H3/t18-/m1/s1. The van der Waals surface area contributed by atoms with Crippen molar-refractivity contribution in [1.29, 1.82) is 0 Å². The number of likely N-dealkylation sites (tertiary alicyclic amines) is 1. The number of amides is 1. The first-order chi connectivity index (χ1) is 12.7. The highest BCUT2D eigenvalue weighted by Crippen LogP contribution is 2.26. The molecule has 0 unspecified atom stereocenters. The maximum atomic E-state index is 13.2. The van der Waals surface area contributed by atoms with Gasteiger partial charge in [-0.15, -0.1) is 0 Å². The molecule has 144 valence electrons. The van der Waals surface area contributed by atoms with Crippen LogP contribution in [0.3, 0.4) is 0 Å². The topological polar surface area (TPSA) is 36.0 Å². The third kappa shape index (κ3) is 4.77. The van der Waals surface area contributed by atoms with Gasteiger partial charge in [-0.05, 0) is 51.8 Å². The Morgan fingerprint density at radius 2 is 1.88 bits per heavy atom. The van der Waals surface area contributed by atoms with Gasteiger partial charge < -0.3 is 19.4 Å². The normalized spacial score (nSPS) is 22.4. The Balaban J connectivity index is 1.64. The molecule has 0 aliphatic carbocycles. The van der Waals surface area contributed by atoms with Crippen LogP contribution in [-0.2, 0) is 0 Å². The van der Waals surface area contributed by atoms with E-state index in [1.165, 1.54) is 6.42 Å². The molecule has 5 nitrogen and oxygen atoms in total. The van der Waals surface area contributed by atoms with Crippen LogP contribution in [0.4, 0.5) is 0 Å². The number of piperidine rings is 1. The lowest BCUT2D eigenvalue weighted by Crippen LogP contribution is -2.48. The van der Waals surface area contributed by atoms with Gasteiger partial charge in [-0.25, -0.2) is 0 Å². The summed E-state index contributed by atoms with van der Waals surface area (Å²) in [4.78, 5) is 20.3. The van der Waals surface area contributed by atoms with Crippen molar-refractivity contribution < 1.29 is 9.53 Å². The van der Waals surface area contributed by atoms with Gasteiger partial charge in [0.25, 0.3) is 5.91 Å². The van der Waals surface area contributed by atoms with Gasteiger partial charge in [0, 0.05) is 45.3 Å². The molecule has 2 aliphatic heterocycles. The molecule has 1 amide bonds. The van der Waals surface area contributed by atoms with Crippen LogP contribution in [0.15, 0.2) is 24.3 Å².